The maximum absolute atomic E-state index is 12.3. The topological polar surface area (TPSA) is 81.9 Å². The van der Waals surface area contributed by atoms with Gasteiger partial charge in [0.05, 0.1) is 5.69 Å². The van der Waals surface area contributed by atoms with Crippen molar-refractivity contribution in [2.45, 2.75) is 40.3 Å². The van der Waals surface area contributed by atoms with Crippen LogP contribution in [0.15, 0.2) is 30.3 Å². The van der Waals surface area contributed by atoms with Crippen molar-refractivity contribution in [1.29, 1.82) is 0 Å². The van der Waals surface area contributed by atoms with Crippen LogP contribution in [-0.2, 0) is 4.79 Å². The van der Waals surface area contributed by atoms with Gasteiger partial charge < -0.3 is 10.1 Å². The predicted molar refractivity (Wildman–Crippen MR) is 104 cm³/mol. The molecule has 0 radical (unpaired) electrons. The molecule has 0 aliphatic heterocycles. The fourth-order valence-corrected chi connectivity index (χ4v) is 2.74. The summed E-state index contributed by atoms with van der Waals surface area (Å²) in [5.41, 5.74) is 3.15. The zero-order valence-corrected chi connectivity index (χ0v) is 16.8. The van der Waals surface area contributed by atoms with Gasteiger partial charge in [0.15, 0.2) is 5.82 Å². The molecule has 0 bridgehead atoms. The Labute approximate surface area is 170 Å². The minimum absolute atomic E-state index is 0.231. The number of nitrogens with zero attached hydrogens (tertiary/aromatic N) is 4. The first-order valence-corrected chi connectivity index (χ1v) is 9.05. The quantitative estimate of drug-likeness (QED) is 0.655. The van der Waals surface area contributed by atoms with E-state index < -0.39 is 18.5 Å². The van der Waals surface area contributed by atoms with E-state index in [1.807, 2.05) is 20.8 Å². The lowest BCUT2D eigenvalue weighted by molar-refractivity contribution is -0.150. The van der Waals surface area contributed by atoms with Crippen LogP contribution in [0.2, 0.25) is 0 Å². The standard InChI is InChI=1S/C20H20F3N5O2/c1-11-12(2)27-28(13(11)3)17-9-19(25-14(4)24-17)30-16-7-5-15(6-8-16)26-18(29)10-20(21,22)23/h5-9H,10H2,1-4H3,(H,26,29). The maximum Gasteiger partial charge on any atom is 0.397 e. The zero-order chi connectivity index (χ0) is 22.1. The summed E-state index contributed by atoms with van der Waals surface area (Å²) in [6.45, 7) is 7.57. The Morgan fingerprint density at radius 3 is 2.33 bits per heavy atom. The Morgan fingerprint density at radius 1 is 1.10 bits per heavy atom. The second-order valence-corrected chi connectivity index (χ2v) is 6.79. The summed E-state index contributed by atoms with van der Waals surface area (Å²) < 4.78 is 44.2. The van der Waals surface area contributed by atoms with Gasteiger partial charge in [0.2, 0.25) is 11.8 Å². The molecule has 0 spiro atoms. The average molecular weight is 419 g/mol. The molecule has 0 saturated carbocycles. The maximum atomic E-state index is 12.3. The molecule has 30 heavy (non-hydrogen) atoms. The van der Waals surface area contributed by atoms with Crippen molar-refractivity contribution in [2.24, 2.45) is 0 Å². The van der Waals surface area contributed by atoms with Gasteiger partial charge >= 0.3 is 6.18 Å². The number of carbonyl (C=O) groups excluding carboxylic acids is 1. The third kappa shape index (κ3) is 5.13. The summed E-state index contributed by atoms with van der Waals surface area (Å²) in [6.07, 6.45) is -6.10. The van der Waals surface area contributed by atoms with E-state index in [1.165, 1.54) is 24.3 Å². The van der Waals surface area contributed by atoms with Crippen molar-refractivity contribution in [3.63, 3.8) is 0 Å². The molecule has 1 amide bonds. The third-order valence-electron chi connectivity index (χ3n) is 4.39. The number of halogens is 3. The van der Waals surface area contributed by atoms with Crippen LogP contribution in [0, 0.1) is 27.7 Å². The Hall–Kier alpha value is -3.43. The first-order valence-electron chi connectivity index (χ1n) is 9.05. The Morgan fingerprint density at radius 2 is 1.77 bits per heavy atom. The summed E-state index contributed by atoms with van der Waals surface area (Å²) in [6, 6.07) is 7.58. The second-order valence-electron chi connectivity index (χ2n) is 6.79. The number of aryl methyl sites for hydroxylation is 2. The highest BCUT2D eigenvalue weighted by molar-refractivity contribution is 5.91. The number of amides is 1. The molecule has 0 aliphatic rings. The largest absolute Gasteiger partial charge is 0.439 e. The SMILES string of the molecule is Cc1nc(Oc2ccc(NC(=O)CC(F)(F)F)cc2)cc(-n2nc(C)c(C)c2C)n1. The number of alkyl halides is 3. The smallest absolute Gasteiger partial charge is 0.397 e. The summed E-state index contributed by atoms with van der Waals surface area (Å²) in [5, 5.41) is 6.68. The van der Waals surface area contributed by atoms with E-state index in [1.54, 1.807) is 17.7 Å². The lowest BCUT2D eigenvalue weighted by Crippen LogP contribution is -2.21. The summed E-state index contributed by atoms with van der Waals surface area (Å²) in [4.78, 5) is 20.0. The second kappa shape index (κ2) is 8.13. The number of benzene rings is 1. The molecule has 10 heteroatoms. The van der Waals surface area contributed by atoms with E-state index >= 15 is 0 Å². The van der Waals surface area contributed by atoms with Crippen molar-refractivity contribution in [3.05, 3.63) is 53.1 Å². The Kier molecular flexibility index (Phi) is 5.77. The molecule has 0 fully saturated rings. The fourth-order valence-electron chi connectivity index (χ4n) is 2.74. The molecule has 0 aliphatic carbocycles. The lowest BCUT2D eigenvalue weighted by Gasteiger charge is -2.10. The summed E-state index contributed by atoms with van der Waals surface area (Å²) >= 11 is 0. The normalized spacial score (nSPS) is 11.4. The number of anilines is 1. The Bertz CT molecular complexity index is 1080. The zero-order valence-electron chi connectivity index (χ0n) is 16.8. The van der Waals surface area contributed by atoms with Crippen LogP contribution < -0.4 is 10.1 Å². The molecule has 1 N–H and O–H groups in total. The van der Waals surface area contributed by atoms with Crippen molar-refractivity contribution in [2.75, 3.05) is 5.32 Å². The molecule has 3 aromatic rings. The molecule has 0 unspecified atom stereocenters. The van der Waals surface area contributed by atoms with Gasteiger partial charge in [-0.15, -0.1) is 0 Å². The summed E-state index contributed by atoms with van der Waals surface area (Å²) in [5.74, 6) is 0.604. The monoisotopic (exact) mass is 419 g/mol. The van der Waals surface area contributed by atoms with Crippen LogP contribution >= 0.6 is 0 Å². The van der Waals surface area contributed by atoms with Gasteiger partial charge in [-0.2, -0.15) is 23.3 Å². The molecule has 1 aromatic carbocycles. The van der Waals surface area contributed by atoms with Crippen LogP contribution in [0.1, 0.15) is 29.2 Å². The number of hydrogen-bond acceptors (Lipinski definition) is 5. The van der Waals surface area contributed by atoms with Gasteiger partial charge in [-0.1, -0.05) is 0 Å². The van der Waals surface area contributed by atoms with E-state index in [2.05, 4.69) is 20.4 Å². The van der Waals surface area contributed by atoms with Crippen molar-refractivity contribution in [3.8, 4) is 17.4 Å². The highest BCUT2D eigenvalue weighted by Gasteiger charge is 2.31. The van der Waals surface area contributed by atoms with Crippen molar-refractivity contribution >= 4 is 11.6 Å². The van der Waals surface area contributed by atoms with E-state index in [-0.39, 0.29) is 11.6 Å². The lowest BCUT2D eigenvalue weighted by atomic mass is 10.2. The third-order valence-corrected chi connectivity index (χ3v) is 4.39. The minimum Gasteiger partial charge on any atom is -0.439 e. The highest BCUT2D eigenvalue weighted by Crippen LogP contribution is 2.25. The van der Waals surface area contributed by atoms with Gasteiger partial charge in [-0.3, -0.25) is 4.79 Å². The van der Waals surface area contributed by atoms with Crippen LogP contribution in [0.25, 0.3) is 5.82 Å². The number of aromatic nitrogens is 4. The first-order chi connectivity index (χ1) is 14.0. The van der Waals surface area contributed by atoms with Gasteiger partial charge in [0, 0.05) is 17.4 Å². The van der Waals surface area contributed by atoms with Crippen molar-refractivity contribution in [1.82, 2.24) is 19.7 Å². The molecule has 158 valence electrons. The van der Waals surface area contributed by atoms with Crippen LogP contribution in [0.3, 0.4) is 0 Å². The van der Waals surface area contributed by atoms with Crippen molar-refractivity contribution < 1.29 is 22.7 Å². The van der Waals surface area contributed by atoms with Crippen LogP contribution in [0.5, 0.6) is 11.6 Å². The van der Waals surface area contributed by atoms with E-state index in [0.717, 1.165) is 17.0 Å². The van der Waals surface area contributed by atoms with Gasteiger partial charge in [-0.25, -0.2) is 9.67 Å². The molecular weight excluding hydrogens is 399 g/mol. The number of nitrogens with one attached hydrogen (secondary N) is 1. The van der Waals surface area contributed by atoms with Gasteiger partial charge in [0.25, 0.3) is 0 Å². The molecule has 0 atom stereocenters. The fraction of sp³-hybridized carbons (Fsp3) is 0.300. The van der Waals surface area contributed by atoms with Gasteiger partial charge in [-0.05, 0) is 57.5 Å². The first kappa shape index (κ1) is 21.3. The highest BCUT2D eigenvalue weighted by atomic mass is 19.4. The Balaban J connectivity index is 1.76. The minimum atomic E-state index is -4.56. The molecule has 2 heterocycles. The number of ether oxygens (including phenoxy) is 1. The number of rotatable bonds is 5. The van der Waals surface area contributed by atoms with E-state index in [9.17, 15) is 18.0 Å². The van der Waals surface area contributed by atoms with Crippen LogP contribution in [-0.4, -0.2) is 31.8 Å². The number of carbonyl (C=O) groups is 1. The average Bonchev–Trinajstić information content (AvgIpc) is 2.89. The predicted octanol–water partition coefficient (Wildman–Crippen LogP) is 4.58. The van der Waals surface area contributed by atoms with E-state index in [0.29, 0.717) is 17.4 Å². The summed E-state index contributed by atoms with van der Waals surface area (Å²) in [7, 11) is 0. The molecule has 7 nitrogen and oxygen atoms in total. The van der Waals surface area contributed by atoms with Gasteiger partial charge in [0.1, 0.15) is 18.0 Å². The molecule has 0 saturated heterocycles. The number of hydrogen-bond donors (Lipinski definition) is 1. The molecule has 3 rings (SSSR count). The van der Waals surface area contributed by atoms with E-state index in [4.69, 9.17) is 4.74 Å². The van der Waals surface area contributed by atoms with Crippen LogP contribution in [0.4, 0.5) is 18.9 Å². The molecular formula is C20H20F3N5O2. The molecule has 2 aromatic heterocycles.